The van der Waals surface area contributed by atoms with E-state index in [0.29, 0.717) is 21.1 Å². The van der Waals surface area contributed by atoms with Crippen molar-refractivity contribution in [3.8, 4) is 0 Å². The number of amides is 1. The van der Waals surface area contributed by atoms with Gasteiger partial charge in [-0.25, -0.2) is 17.4 Å². The van der Waals surface area contributed by atoms with Crippen molar-refractivity contribution < 1.29 is 13.2 Å². The molecule has 0 aliphatic heterocycles. The zero-order chi connectivity index (χ0) is 21.3. The summed E-state index contributed by atoms with van der Waals surface area (Å²) < 4.78 is 28.0. The Balaban J connectivity index is 1.66. The molecule has 0 aliphatic rings. The molecule has 152 valence electrons. The molecule has 0 aliphatic carbocycles. The lowest BCUT2D eigenvalue weighted by atomic mass is 10.2. The maximum absolute atomic E-state index is 13.1. The smallest absolute Gasteiger partial charge is 0.269 e. The first-order valence-corrected chi connectivity index (χ1v) is 11.5. The molecule has 3 aromatic heterocycles. The summed E-state index contributed by atoms with van der Waals surface area (Å²) in [7, 11) is -3.80. The second kappa shape index (κ2) is 8.15. The Bertz CT molecular complexity index is 1330. The highest BCUT2D eigenvalue weighted by Gasteiger charge is 2.22. The molecule has 9 heteroatoms. The van der Waals surface area contributed by atoms with Crippen LogP contribution in [0.5, 0.6) is 0 Å². The second-order valence-corrected chi connectivity index (χ2v) is 9.71. The number of nitrogens with zero attached hydrogens (tertiary/aromatic N) is 3. The van der Waals surface area contributed by atoms with Gasteiger partial charge in [-0.15, -0.1) is 0 Å². The largest absolute Gasteiger partial charge is 0.348 e. The van der Waals surface area contributed by atoms with Gasteiger partial charge in [0.05, 0.1) is 10.5 Å². The van der Waals surface area contributed by atoms with E-state index in [1.165, 1.54) is 12.4 Å². The van der Waals surface area contributed by atoms with Crippen LogP contribution >= 0.6 is 22.6 Å². The highest BCUT2D eigenvalue weighted by Crippen LogP contribution is 2.26. The maximum atomic E-state index is 13.1. The number of hydrogen-bond acceptors (Lipinski definition) is 5. The van der Waals surface area contributed by atoms with Crippen LogP contribution in [0.25, 0.3) is 11.0 Å². The Hall–Kier alpha value is -2.79. The third kappa shape index (κ3) is 3.94. The molecule has 0 saturated carbocycles. The molecule has 4 rings (SSSR count). The fourth-order valence-corrected chi connectivity index (χ4v) is 5.15. The van der Waals surface area contributed by atoms with Crippen molar-refractivity contribution in [2.24, 2.45) is 0 Å². The molecule has 0 saturated heterocycles. The molecule has 7 nitrogen and oxygen atoms in total. The summed E-state index contributed by atoms with van der Waals surface area (Å²) in [4.78, 5) is 21.0. The lowest BCUT2D eigenvalue weighted by Gasteiger charge is -2.08. The van der Waals surface area contributed by atoms with Gasteiger partial charge in [0, 0.05) is 40.3 Å². The van der Waals surface area contributed by atoms with Crippen LogP contribution in [0.4, 0.5) is 0 Å². The Morgan fingerprint density at radius 3 is 2.63 bits per heavy atom. The lowest BCUT2D eigenvalue weighted by molar-refractivity contribution is 0.0950. The topological polar surface area (TPSA) is 94.0 Å². The van der Waals surface area contributed by atoms with Crippen LogP contribution in [0, 0.1) is 10.5 Å². The Kier molecular flexibility index (Phi) is 5.56. The van der Waals surface area contributed by atoms with Crippen LogP contribution in [-0.2, 0) is 16.6 Å². The maximum Gasteiger partial charge on any atom is 0.269 e. The highest BCUT2D eigenvalue weighted by atomic mass is 127. The van der Waals surface area contributed by atoms with E-state index in [1.54, 1.807) is 48.8 Å². The summed E-state index contributed by atoms with van der Waals surface area (Å²) in [5.41, 5.74) is 2.49. The van der Waals surface area contributed by atoms with Gasteiger partial charge in [0.2, 0.25) is 0 Å². The molecule has 4 aromatic rings. The molecular weight excluding hydrogens is 515 g/mol. The van der Waals surface area contributed by atoms with Crippen molar-refractivity contribution >= 4 is 49.6 Å². The van der Waals surface area contributed by atoms with Gasteiger partial charge in [-0.2, -0.15) is 0 Å². The molecule has 1 amide bonds. The molecule has 0 fully saturated rings. The normalized spacial score (nSPS) is 11.5. The van der Waals surface area contributed by atoms with E-state index in [1.807, 2.05) is 35.6 Å². The minimum atomic E-state index is -3.80. The van der Waals surface area contributed by atoms with E-state index in [9.17, 15) is 13.2 Å². The summed E-state index contributed by atoms with van der Waals surface area (Å²) in [5.74, 6) is -0.293. The van der Waals surface area contributed by atoms with Crippen LogP contribution < -0.4 is 5.32 Å². The standard InChI is InChI=1S/C21H17IN4O3S/c1-14-4-6-17(7-5-14)30(28,29)26-13-19(22)18-9-16(12-24-20(18)26)21(27)25-11-15-3-2-8-23-10-15/h2-10,12-13H,11H2,1H3,(H,25,27). The van der Waals surface area contributed by atoms with Gasteiger partial charge in [0.25, 0.3) is 15.9 Å². The van der Waals surface area contributed by atoms with Crippen molar-refractivity contribution in [1.82, 2.24) is 19.3 Å². The number of nitrogens with one attached hydrogen (secondary N) is 1. The van der Waals surface area contributed by atoms with Crippen LogP contribution in [0.2, 0.25) is 0 Å². The predicted octanol–water partition coefficient (Wildman–Crippen LogP) is 3.51. The number of aryl methyl sites for hydroxylation is 1. The van der Waals surface area contributed by atoms with Crippen LogP contribution in [0.3, 0.4) is 0 Å². The van der Waals surface area contributed by atoms with E-state index in [2.05, 4.69) is 15.3 Å². The van der Waals surface area contributed by atoms with Crippen molar-refractivity contribution in [1.29, 1.82) is 0 Å². The summed E-state index contributed by atoms with van der Waals surface area (Å²) in [6.07, 6.45) is 6.25. The number of aromatic nitrogens is 3. The van der Waals surface area contributed by atoms with Crippen molar-refractivity contribution in [2.45, 2.75) is 18.4 Å². The molecule has 30 heavy (non-hydrogen) atoms. The van der Waals surface area contributed by atoms with E-state index in [0.717, 1.165) is 15.1 Å². The minimum absolute atomic E-state index is 0.182. The molecule has 1 aromatic carbocycles. The van der Waals surface area contributed by atoms with Gasteiger partial charge >= 0.3 is 0 Å². The van der Waals surface area contributed by atoms with Gasteiger partial charge in [0.15, 0.2) is 5.65 Å². The number of carbonyl (C=O) groups is 1. The number of carbonyl (C=O) groups excluding carboxylic acids is 1. The summed E-state index contributed by atoms with van der Waals surface area (Å²) in [6.45, 7) is 2.23. The quantitative estimate of drug-likeness (QED) is 0.397. The van der Waals surface area contributed by atoms with Crippen LogP contribution in [0.15, 0.2) is 72.1 Å². The minimum Gasteiger partial charge on any atom is -0.348 e. The van der Waals surface area contributed by atoms with Crippen molar-refractivity contribution in [3.63, 3.8) is 0 Å². The Morgan fingerprint density at radius 1 is 1.17 bits per heavy atom. The van der Waals surface area contributed by atoms with Gasteiger partial charge < -0.3 is 5.32 Å². The summed E-state index contributed by atoms with van der Waals surface area (Å²) in [5, 5.41) is 3.42. The zero-order valence-electron chi connectivity index (χ0n) is 15.9. The number of hydrogen-bond donors (Lipinski definition) is 1. The molecule has 0 unspecified atom stereocenters. The van der Waals surface area contributed by atoms with E-state index < -0.39 is 10.0 Å². The van der Waals surface area contributed by atoms with Gasteiger partial charge in [-0.1, -0.05) is 23.8 Å². The number of fused-ring (bicyclic) bond motifs is 1. The molecule has 0 spiro atoms. The van der Waals surface area contributed by atoms with Gasteiger partial charge in [0.1, 0.15) is 0 Å². The molecule has 1 N–H and O–H groups in total. The zero-order valence-corrected chi connectivity index (χ0v) is 18.9. The summed E-state index contributed by atoms with van der Waals surface area (Å²) >= 11 is 2.05. The average Bonchev–Trinajstić information content (AvgIpc) is 3.10. The predicted molar refractivity (Wildman–Crippen MR) is 122 cm³/mol. The third-order valence-corrected chi connectivity index (χ3v) is 7.10. The Morgan fingerprint density at radius 2 is 1.93 bits per heavy atom. The van der Waals surface area contributed by atoms with Crippen LogP contribution in [-0.4, -0.2) is 28.3 Å². The fourth-order valence-electron chi connectivity index (χ4n) is 2.96. The van der Waals surface area contributed by atoms with Crippen molar-refractivity contribution in [2.75, 3.05) is 0 Å². The van der Waals surface area contributed by atoms with Crippen LogP contribution in [0.1, 0.15) is 21.5 Å². The first-order valence-electron chi connectivity index (χ1n) is 9.02. The summed E-state index contributed by atoms with van der Waals surface area (Å²) in [6, 6.07) is 12.0. The van der Waals surface area contributed by atoms with Crippen molar-refractivity contribution in [3.05, 3.63) is 87.5 Å². The molecule has 0 bridgehead atoms. The van der Waals surface area contributed by atoms with E-state index >= 15 is 0 Å². The van der Waals surface area contributed by atoms with Gasteiger partial charge in [-0.05, 0) is 59.3 Å². The molecule has 0 radical (unpaired) electrons. The molecule has 3 heterocycles. The monoisotopic (exact) mass is 532 g/mol. The number of benzene rings is 1. The number of pyridine rings is 2. The third-order valence-electron chi connectivity index (χ3n) is 4.58. The van der Waals surface area contributed by atoms with Gasteiger partial charge in [-0.3, -0.25) is 9.78 Å². The van der Waals surface area contributed by atoms with E-state index in [4.69, 9.17) is 0 Å². The number of halogens is 1. The SMILES string of the molecule is Cc1ccc(S(=O)(=O)n2cc(I)c3cc(C(=O)NCc4cccnc4)cnc32)cc1. The fraction of sp³-hybridized carbons (Fsp3) is 0.0952. The number of rotatable bonds is 5. The highest BCUT2D eigenvalue weighted by molar-refractivity contribution is 14.1. The average molecular weight is 532 g/mol. The molecule has 0 atom stereocenters. The first-order chi connectivity index (χ1) is 14.4. The lowest BCUT2D eigenvalue weighted by Crippen LogP contribution is -2.23. The van der Waals surface area contributed by atoms with E-state index in [-0.39, 0.29) is 16.4 Å². The molecular formula is C21H17IN4O3S. The second-order valence-electron chi connectivity index (χ2n) is 6.73. The first kappa shape index (κ1) is 20.5. The Labute approximate surface area is 187 Å².